The van der Waals surface area contributed by atoms with Crippen LogP contribution in [-0.2, 0) is 16.0 Å². The number of aromatic carboxylic acids is 1. The van der Waals surface area contributed by atoms with Crippen molar-refractivity contribution in [1.82, 2.24) is 5.32 Å². The minimum atomic E-state index is -1.06. The number of rotatable bonds is 2. The summed E-state index contributed by atoms with van der Waals surface area (Å²) in [7, 11) is 0. The smallest absolute Gasteiger partial charge is 0.408 e. The third kappa shape index (κ3) is 4.45. The van der Waals surface area contributed by atoms with Crippen LogP contribution < -0.4 is 10.6 Å². The molecule has 0 spiro atoms. The van der Waals surface area contributed by atoms with Gasteiger partial charge in [0.25, 0.3) is 0 Å². The number of alkyl carbamates (subject to hydrolysis) is 1. The standard InChI is InChI=1S/C16H20N2O5/c1-16(2,3)23-15(22)18-11-7-6-9-4-5-10(14(20)21)8-12(9)17-13(11)19/h4-5,8,11H,6-7H2,1-3H3,(H,17,19)(H,18,22)(H,20,21). The number of benzene rings is 1. The third-order valence-electron chi connectivity index (χ3n) is 3.32. The second kappa shape index (κ2) is 6.28. The lowest BCUT2D eigenvalue weighted by Gasteiger charge is -2.22. The fourth-order valence-electron chi connectivity index (χ4n) is 2.28. The molecule has 1 atom stereocenters. The van der Waals surface area contributed by atoms with Crippen molar-refractivity contribution in [1.29, 1.82) is 0 Å². The lowest BCUT2D eigenvalue weighted by molar-refractivity contribution is -0.118. The Morgan fingerprint density at radius 1 is 1.35 bits per heavy atom. The number of amides is 2. The van der Waals surface area contributed by atoms with Gasteiger partial charge in [-0.05, 0) is 51.3 Å². The van der Waals surface area contributed by atoms with Crippen LogP contribution in [0.3, 0.4) is 0 Å². The molecule has 2 rings (SSSR count). The van der Waals surface area contributed by atoms with Crippen LogP contribution in [0.25, 0.3) is 0 Å². The number of hydrogen-bond donors (Lipinski definition) is 3. The molecule has 1 heterocycles. The molecule has 1 aromatic rings. The first kappa shape index (κ1) is 16.8. The maximum Gasteiger partial charge on any atom is 0.408 e. The molecule has 1 unspecified atom stereocenters. The van der Waals surface area contributed by atoms with E-state index in [-0.39, 0.29) is 5.56 Å². The van der Waals surface area contributed by atoms with Gasteiger partial charge in [-0.1, -0.05) is 6.07 Å². The lowest BCUT2D eigenvalue weighted by atomic mass is 10.0. The van der Waals surface area contributed by atoms with Crippen LogP contribution in [0.4, 0.5) is 10.5 Å². The number of fused-ring (bicyclic) bond motifs is 1. The minimum absolute atomic E-state index is 0.0996. The number of nitrogens with one attached hydrogen (secondary N) is 2. The number of carbonyl (C=O) groups is 3. The van der Waals surface area contributed by atoms with Crippen LogP contribution in [-0.4, -0.2) is 34.7 Å². The Balaban J connectivity index is 2.10. The molecule has 0 saturated carbocycles. The predicted octanol–water partition coefficient (Wildman–Crippen LogP) is 2.16. The molecule has 0 aromatic heterocycles. The van der Waals surface area contributed by atoms with Crippen LogP contribution >= 0.6 is 0 Å². The molecule has 124 valence electrons. The van der Waals surface area contributed by atoms with Gasteiger partial charge in [0, 0.05) is 5.69 Å². The zero-order chi connectivity index (χ0) is 17.2. The maximum atomic E-state index is 12.2. The van der Waals surface area contributed by atoms with Gasteiger partial charge < -0.3 is 20.5 Å². The highest BCUT2D eigenvalue weighted by molar-refractivity contribution is 5.99. The predicted molar refractivity (Wildman–Crippen MR) is 83.5 cm³/mol. The Bertz CT molecular complexity index is 648. The summed E-state index contributed by atoms with van der Waals surface area (Å²) in [5, 5.41) is 14.2. The highest BCUT2D eigenvalue weighted by Crippen LogP contribution is 2.24. The summed E-state index contributed by atoms with van der Waals surface area (Å²) in [6.45, 7) is 5.22. The van der Waals surface area contributed by atoms with E-state index in [0.717, 1.165) is 5.56 Å². The molecule has 2 amide bonds. The average Bonchev–Trinajstić information content (AvgIpc) is 2.55. The minimum Gasteiger partial charge on any atom is -0.478 e. The van der Waals surface area contributed by atoms with E-state index in [2.05, 4.69) is 10.6 Å². The monoisotopic (exact) mass is 320 g/mol. The Hall–Kier alpha value is -2.57. The van der Waals surface area contributed by atoms with Crippen LogP contribution in [0.2, 0.25) is 0 Å². The molecule has 7 nitrogen and oxygen atoms in total. The van der Waals surface area contributed by atoms with Crippen molar-refractivity contribution < 1.29 is 24.2 Å². The number of carboxylic acid groups (broad SMARTS) is 1. The quantitative estimate of drug-likeness (QED) is 0.774. The van der Waals surface area contributed by atoms with Gasteiger partial charge in [0.05, 0.1) is 5.56 Å². The summed E-state index contributed by atoms with van der Waals surface area (Å²) in [6.07, 6.45) is 0.286. The summed E-state index contributed by atoms with van der Waals surface area (Å²) < 4.78 is 5.15. The maximum absolute atomic E-state index is 12.2. The number of hydrogen-bond acceptors (Lipinski definition) is 4. The van der Waals surface area contributed by atoms with Crippen LogP contribution in [0.5, 0.6) is 0 Å². The molecule has 1 aliphatic heterocycles. The normalized spacial score (nSPS) is 17.5. The van der Waals surface area contributed by atoms with Crippen molar-refractivity contribution in [3.05, 3.63) is 29.3 Å². The van der Waals surface area contributed by atoms with E-state index in [1.807, 2.05) is 0 Å². The van der Waals surface area contributed by atoms with Gasteiger partial charge in [0.2, 0.25) is 5.91 Å². The van der Waals surface area contributed by atoms with Gasteiger partial charge in [0.15, 0.2) is 0 Å². The molecule has 1 aromatic carbocycles. The molecule has 0 radical (unpaired) electrons. The molecule has 1 aliphatic rings. The SMILES string of the molecule is CC(C)(C)OC(=O)NC1CCc2ccc(C(=O)O)cc2NC1=O. The highest BCUT2D eigenvalue weighted by Gasteiger charge is 2.27. The molecule has 3 N–H and O–H groups in total. The Morgan fingerprint density at radius 2 is 2.04 bits per heavy atom. The Kier molecular flexibility index (Phi) is 4.58. The van der Waals surface area contributed by atoms with Crippen molar-refractivity contribution in [3.63, 3.8) is 0 Å². The zero-order valence-electron chi connectivity index (χ0n) is 13.3. The summed E-state index contributed by atoms with van der Waals surface area (Å²) >= 11 is 0. The van der Waals surface area contributed by atoms with Crippen molar-refractivity contribution >= 4 is 23.7 Å². The molecule has 0 saturated heterocycles. The fraction of sp³-hybridized carbons (Fsp3) is 0.438. The highest BCUT2D eigenvalue weighted by atomic mass is 16.6. The van der Waals surface area contributed by atoms with E-state index < -0.39 is 29.6 Å². The van der Waals surface area contributed by atoms with Gasteiger partial charge in [0.1, 0.15) is 11.6 Å². The molecule has 7 heteroatoms. The van der Waals surface area contributed by atoms with Crippen LogP contribution in [0, 0.1) is 0 Å². The average molecular weight is 320 g/mol. The van der Waals surface area contributed by atoms with Crippen molar-refractivity contribution in [3.8, 4) is 0 Å². The largest absolute Gasteiger partial charge is 0.478 e. The molecule has 0 fully saturated rings. The third-order valence-corrected chi connectivity index (χ3v) is 3.32. The van der Waals surface area contributed by atoms with Gasteiger partial charge >= 0.3 is 12.1 Å². The lowest BCUT2D eigenvalue weighted by Crippen LogP contribution is -2.45. The van der Waals surface area contributed by atoms with Crippen molar-refractivity contribution in [2.45, 2.75) is 45.3 Å². The Morgan fingerprint density at radius 3 is 2.65 bits per heavy atom. The number of carbonyl (C=O) groups excluding carboxylic acids is 2. The number of aryl methyl sites for hydroxylation is 1. The van der Waals surface area contributed by atoms with Crippen molar-refractivity contribution in [2.24, 2.45) is 0 Å². The summed E-state index contributed by atoms with van der Waals surface area (Å²) in [5.41, 5.74) is 0.743. The zero-order valence-corrected chi connectivity index (χ0v) is 13.3. The van der Waals surface area contributed by atoms with Gasteiger partial charge in [-0.25, -0.2) is 9.59 Å². The first-order valence-electron chi connectivity index (χ1n) is 7.32. The molecular formula is C16H20N2O5. The summed E-state index contributed by atoms with van der Waals surface area (Å²) in [6, 6.07) is 3.86. The number of carboxylic acids is 1. The van der Waals surface area contributed by atoms with Gasteiger partial charge in [-0.15, -0.1) is 0 Å². The van der Waals surface area contributed by atoms with E-state index >= 15 is 0 Å². The fourth-order valence-corrected chi connectivity index (χ4v) is 2.28. The van der Waals surface area contributed by atoms with E-state index in [9.17, 15) is 14.4 Å². The molecular weight excluding hydrogens is 300 g/mol. The summed E-state index contributed by atoms with van der Waals surface area (Å²) in [4.78, 5) is 35.1. The van der Waals surface area contributed by atoms with Gasteiger partial charge in [-0.2, -0.15) is 0 Å². The van der Waals surface area contributed by atoms with E-state index in [1.165, 1.54) is 12.1 Å². The second-order valence-corrected chi connectivity index (χ2v) is 6.40. The molecule has 23 heavy (non-hydrogen) atoms. The van der Waals surface area contributed by atoms with E-state index in [1.54, 1.807) is 26.8 Å². The van der Waals surface area contributed by atoms with Crippen LogP contribution in [0.15, 0.2) is 18.2 Å². The van der Waals surface area contributed by atoms with Gasteiger partial charge in [-0.3, -0.25) is 4.79 Å². The van der Waals surface area contributed by atoms with Crippen molar-refractivity contribution in [2.75, 3.05) is 5.32 Å². The summed E-state index contributed by atoms with van der Waals surface area (Å²) in [5.74, 6) is -1.45. The molecule has 0 aliphatic carbocycles. The first-order valence-corrected chi connectivity index (χ1v) is 7.32. The molecule has 0 bridgehead atoms. The number of ether oxygens (including phenoxy) is 1. The topological polar surface area (TPSA) is 105 Å². The van der Waals surface area contributed by atoms with Crippen LogP contribution in [0.1, 0.15) is 43.1 Å². The Labute approximate surface area is 134 Å². The van der Waals surface area contributed by atoms with E-state index in [4.69, 9.17) is 9.84 Å². The van der Waals surface area contributed by atoms with E-state index in [0.29, 0.717) is 18.5 Å². The second-order valence-electron chi connectivity index (χ2n) is 6.40. The first-order chi connectivity index (χ1) is 10.7. The number of anilines is 1.